The summed E-state index contributed by atoms with van der Waals surface area (Å²) in [7, 11) is 0. The number of carbonyl (C=O) groups is 8. The Hall–Kier alpha value is -9.13. The van der Waals surface area contributed by atoms with E-state index in [9.17, 15) is 24.0 Å². The number of hydrogen-bond acceptors (Lipinski definition) is 13. The number of para-hydroxylation sites is 2. The van der Waals surface area contributed by atoms with E-state index in [1.54, 1.807) is 39.0 Å². The van der Waals surface area contributed by atoms with Gasteiger partial charge in [-0.2, -0.15) is 5.10 Å². The summed E-state index contributed by atoms with van der Waals surface area (Å²) in [4.78, 5) is 122. The van der Waals surface area contributed by atoms with Crippen molar-refractivity contribution in [1.82, 2.24) is 54.6 Å². The van der Waals surface area contributed by atoms with Crippen LogP contribution in [0.1, 0.15) is 87.3 Å². The zero-order valence-electron chi connectivity index (χ0n) is 49.6. The molecule has 10 heterocycles. The van der Waals surface area contributed by atoms with Gasteiger partial charge in [-0.05, 0) is 91.3 Å². The molecule has 3 aromatic heterocycles. The molecular formula is C66H65ClFN12O10S+. The fraction of sp³-hybridized carbons (Fsp3) is 0.379. The van der Waals surface area contributed by atoms with E-state index in [1.165, 1.54) is 22.1 Å². The lowest BCUT2D eigenvalue weighted by atomic mass is 9.85. The first-order valence-corrected chi connectivity index (χ1v) is 32.2. The van der Waals surface area contributed by atoms with Crippen LogP contribution in [-0.2, 0) is 44.9 Å². The molecule has 7 aliphatic rings. The Morgan fingerprint density at radius 3 is 2.40 bits per heavy atom. The average molecular weight is 1270 g/mol. The van der Waals surface area contributed by atoms with Gasteiger partial charge in [0.2, 0.25) is 29.5 Å². The average Bonchev–Trinajstić information content (AvgIpc) is 1.63. The number of carbonyl (C=O) groups excluding carboxylic acids is 7. The molecule has 4 N–H and O–H groups in total. The van der Waals surface area contributed by atoms with Gasteiger partial charge in [0.1, 0.15) is 54.3 Å². The number of nitrogens with zero attached hydrogens (tertiary/aromatic N) is 9. The number of carboxylic acids is 1. The second-order valence-corrected chi connectivity index (χ2v) is 26.1. The number of carboxylic acid groups (broad SMARTS) is 1. The van der Waals surface area contributed by atoms with Crippen LogP contribution in [0.4, 0.5) is 10.1 Å². The summed E-state index contributed by atoms with van der Waals surface area (Å²) in [5.41, 5.74) is 3.92. The molecule has 22 nitrogen and oxygen atoms in total. The quantitative estimate of drug-likeness (QED) is 0.0727. The van der Waals surface area contributed by atoms with Crippen LogP contribution < -0.4 is 25.3 Å². The zero-order chi connectivity index (χ0) is 62.9. The van der Waals surface area contributed by atoms with Crippen LogP contribution in [0.2, 0.25) is 5.02 Å². The van der Waals surface area contributed by atoms with Crippen molar-refractivity contribution in [2.24, 2.45) is 5.92 Å². The minimum Gasteiger partial charge on any atom is -0.480 e. The second kappa shape index (κ2) is 23.9. The van der Waals surface area contributed by atoms with Crippen LogP contribution >= 0.6 is 22.9 Å². The van der Waals surface area contributed by atoms with Crippen molar-refractivity contribution in [2.45, 2.75) is 94.2 Å². The Labute approximate surface area is 529 Å². The van der Waals surface area contributed by atoms with E-state index in [-0.39, 0.29) is 96.8 Å². The lowest BCUT2D eigenvalue weighted by Crippen LogP contribution is -2.65. The van der Waals surface area contributed by atoms with Gasteiger partial charge < -0.3 is 40.5 Å². The van der Waals surface area contributed by atoms with E-state index < -0.39 is 54.3 Å². The molecule has 4 fully saturated rings. The number of rotatable bonds is 15. The number of quaternary nitrogens is 1. The summed E-state index contributed by atoms with van der Waals surface area (Å²) < 4.78 is 25.8. The van der Waals surface area contributed by atoms with Crippen molar-refractivity contribution < 1.29 is 52.6 Å². The van der Waals surface area contributed by atoms with Crippen molar-refractivity contribution in [2.75, 3.05) is 64.2 Å². The van der Waals surface area contributed by atoms with E-state index in [4.69, 9.17) is 36.6 Å². The van der Waals surface area contributed by atoms with E-state index in [0.717, 1.165) is 15.8 Å². The van der Waals surface area contributed by atoms with Gasteiger partial charge in [0.15, 0.2) is 5.60 Å². The molecule has 468 valence electrons. The molecule has 91 heavy (non-hydrogen) atoms. The molecule has 3 atom stereocenters. The van der Waals surface area contributed by atoms with Gasteiger partial charge in [0.05, 0.1) is 57.1 Å². The highest BCUT2D eigenvalue weighted by atomic mass is 35.5. The zero-order valence-corrected chi connectivity index (χ0v) is 51.1. The molecule has 4 saturated heterocycles. The lowest BCUT2D eigenvalue weighted by Gasteiger charge is -2.44. The lowest BCUT2D eigenvalue weighted by molar-refractivity contribution is -0.159. The van der Waals surface area contributed by atoms with Gasteiger partial charge in [-0.1, -0.05) is 64.9 Å². The number of aromatic nitrogens is 5. The van der Waals surface area contributed by atoms with Gasteiger partial charge in [-0.25, -0.2) is 14.2 Å². The smallest absolute Gasteiger partial charge is 0.339 e. The van der Waals surface area contributed by atoms with E-state index >= 15 is 18.8 Å². The summed E-state index contributed by atoms with van der Waals surface area (Å²) in [6, 6.07) is 28.1. The monoisotopic (exact) mass is 1270 g/mol. The molecule has 0 spiro atoms. The topological polar surface area (TPSA) is 260 Å². The predicted octanol–water partition coefficient (Wildman–Crippen LogP) is 7.48. The number of ether oxygens (including phenoxy) is 1. The van der Waals surface area contributed by atoms with Crippen LogP contribution in [0.3, 0.4) is 0 Å². The maximum atomic E-state index is 16.5. The van der Waals surface area contributed by atoms with E-state index in [0.29, 0.717) is 131 Å². The number of amides is 7. The third kappa shape index (κ3) is 10.9. The summed E-state index contributed by atoms with van der Waals surface area (Å²) in [6.45, 7) is 0.902. The second-order valence-electron chi connectivity index (χ2n) is 24.7. The highest BCUT2D eigenvalue weighted by Gasteiger charge is 2.53. The number of nitrogens with one attached hydrogen (secondary N) is 3. The van der Waals surface area contributed by atoms with Gasteiger partial charge in [-0.3, -0.25) is 38.2 Å². The predicted molar refractivity (Wildman–Crippen MR) is 337 cm³/mol. The van der Waals surface area contributed by atoms with E-state index in [2.05, 4.69) is 16.0 Å². The Morgan fingerprint density at radius 1 is 0.813 bits per heavy atom. The minimum atomic E-state index is -1.49. The summed E-state index contributed by atoms with van der Waals surface area (Å²) in [5.74, 6) is -4.41. The third-order valence-corrected chi connectivity index (χ3v) is 20.9. The SMILES string of the molecule is O=C(O)CNC(=O)CNC(=O)Cn1nc2c3c(cccc31)-c1cc3c(cnn3[N+]3(C(=O)CCC4CCN(C(=O)C5CCCN5C(=O)C5(Oc6ccccc6-c6nc7cccc(Cl)c7s6)CCN(C(=O)[C@H]6CC(=O)Nc7ccccc76)CC5)C4)CCC2CC3)cc1F. The van der Waals surface area contributed by atoms with Crippen LogP contribution in [0, 0.1) is 11.7 Å². The normalized spacial score (nSPS) is 21.6. The number of piperidine rings is 2. The van der Waals surface area contributed by atoms with Crippen LogP contribution in [0.25, 0.3) is 53.7 Å². The van der Waals surface area contributed by atoms with Crippen LogP contribution in [0.15, 0.2) is 103 Å². The van der Waals surface area contributed by atoms with Crippen molar-refractivity contribution in [3.8, 4) is 27.4 Å². The first-order chi connectivity index (χ1) is 44.0. The third-order valence-electron chi connectivity index (χ3n) is 19.3. The molecule has 4 bridgehead atoms. The van der Waals surface area contributed by atoms with Crippen LogP contribution in [-0.4, -0.2) is 162 Å². The molecule has 25 heteroatoms. The molecule has 7 aliphatic heterocycles. The van der Waals surface area contributed by atoms with Crippen molar-refractivity contribution in [3.63, 3.8) is 0 Å². The molecule has 2 unspecified atom stereocenters. The molecule has 0 radical (unpaired) electrons. The first kappa shape index (κ1) is 59.5. The largest absolute Gasteiger partial charge is 0.480 e. The number of aliphatic carboxylic acids is 1. The number of hydrogen-bond donors (Lipinski definition) is 4. The first-order valence-electron chi connectivity index (χ1n) is 31.0. The van der Waals surface area contributed by atoms with Crippen LogP contribution in [0.5, 0.6) is 5.75 Å². The highest BCUT2D eigenvalue weighted by molar-refractivity contribution is 7.22. The highest BCUT2D eigenvalue weighted by Crippen LogP contribution is 2.45. The molecule has 5 aromatic carbocycles. The molecule has 7 amide bonds. The maximum absolute atomic E-state index is 16.5. The Kier molecular flexibility index (Phi) is 15.6. The number of anilines is 1. The molecule has 0 aliphatic carbocycles. The number of benzene rings is 5. The molecule has 15 rings (SSSR count). The molecule has 8 aromatic rings. The van der Waals surface area contributed by atoms with Crippen molar-refractivity contribution >= 4 is 108 Å². The van der Waals surface area contributed by atoms with Gasteiger partial charge in [-0.15, -0.1) is 21.0 Å². The number of halogens is 2. The minimum absolute atomic E-state index is 0.000874. The summed E-state index contributed by atoms with van der Waals surface area (Å²) >= 11 is 8.05. The van der Waals surface area contributed by atoms with E-state index in [1.807, 2.05) is 77.7 Å². The summed E-state index contributed by atoms with van der Waals surface area (Å²) in [6.07, 6.45) is 5.20. The number of likely N-dealkylation sites (tertiary alicyclic amines) is 3. The fourth-order valence-electron chi connectivity index (χ4n) is 14.7. The standard InChI is InChI=1S/C66H64ClFN12O10S/c67-46-11-6-13-49-61(46)91-62(73-49)43-9-2-4-16-53(43)90-66(22-26-75(27-23-66)63(87)45-32-54(81)72-48-12-3-1-8-41(45)48)65(89)77-24-7-15-51(77)64(88)76-25-19-38(36-76)17-18-57(84)80-28-20-39(21-29-80)60-59-42(44-31-52-40(30-47(44)68)33-71-79(52)80)10-5-14-50(59)78(74-60)37-56(83)69-34-55(82)70-35-58(85)86/h1-6,8-14,16,30-31,33,38-39,45,51H,7,15,17-29,32,34-37H2,(H3-,69,70,72,81,82,83,85,86)/p+1/t38?,39?,45-,51?,80?/m0/s1. The Bertz CT molecular complexity index is 4320. The number of thiazole rings is 1. The Morgan fingerprint density at radius 2 is 1.58 bits per heavy atom. The van der Waals surface area contributed by atoms with Crippen molar-refractivity contribution in [1.29, 1.82) is 0 Å². The summed E-state index contributed by atoms with van der Waals surface area (Å²) in [5, 5.41) is 28.8. The van der Waals surface area contributed by atoms with Gasteiger partial charge >= 0.3 is 11.9 Å². The fourth-order valence-corrected chi connectivity index (χ4v) is 16.0. The molecular weight excluding hydrogens is 1210 g/mol. The van der Waals surface area contributed by atoms with Gasteiger partial charge in [0, 0.05) is 92.8 Å². The molecule has 0 saturated carbocycles. The Balaban J connectivity index is 0.682. The maximum Gasteiger partial charge on any atom is 0.339 e. The van der Waals surface area contributed by atoms with Gasteiger partial charge in [0.25, 0.3) is 5.91 Å². The van der Waals surface area contributed by atoms with Crippen molar-refractivity contribution in [3.05, 3.63) is 125 Å². The number of fused-ring (bicyclic) bond motifs is 4.